The average Bonchev–Trinajstić information content (AvgIpc) is 2.28. The van der Waals surface area contributed by atoms with E-state index in [1.54, 1.807) is 0 Å². The third-order valence-corrected chi connectivity index (χ3v) is 3.98. The lowest BCUT2D eigenvalue weighted by atomic mass is 9.62. The predicted molar refractivity (Wildman–Crippen MR) is 74.4 cm³/mol. The van der Waals surface area contributed by atoms with Crippen molar-refractivity contribution in [2.75, 3.05) is 11.9 Å². The van der Waals surface area contributed by atoms with Crippen LogP contribution in [-0.4, -0.2) is 12.5 Å². The number of nitrogens with one attached hydrogen (secondary N) is 1. The van der Waals surface area contributed by atoms with Gasteiger partial charge in [0.25, 0.3) is 0 Å². The van der Waals surface area contributed by atoms with Gasteiger partial charge in [0, 0.05) is 12.2 Å². The minimum atomic E-state index is -0.337. The van der Waals surface area contributed by atoms with Crippen LogP contribution in [0.4, 0.5) is 5.69 Å². The van der Waals surface area contributed by atoms with Gasteiger partial charge in [0.2, 0.25) is 5.91 Å². The Bertz CT molecular complexity index is 462. The van der Waals surface area contributed by atoms with Gasteiger partial charge in [-0.1, -0.05) is 24.6 Å². The Labute approximate surface area is 109 Å². The zero-order valence-corrected chi connectivity index (χ0v) is 11.4. The second-order valence-electron chi connectivity index (χ2n) is 5.77. The summed E-state index contributed by atoms with van der Waals surface area (Å²) in [6, 6.07) is 6.06. The molecule has 0 spiro atoms. The molecular formula is C15H22N2O. The molecule has 1 aliphatic carbocycles. The molecule has 0 bridgehead atoms. The summed E-state index contributed by atoms with van der Waals surface area (Å²) in [5, 5.41) is 3.03. The van der Waals surface area contributed by atoms with Crippen molar-refractivity contribution in [1.82, 2.24) is 0 Å². The van der Waals surface area contributed by atoms with E-state index in [2.05, 4.69) is 18.3 Å². The molecule has 0 saturated heterocycles. The Balaban J connectivity index is 2.11. The van der Waals surface area contributed by atoms with Crippen LogP contribution in [0.1, 0.15) is 30.9 Å². The van der Waals surface area contributed by atoms with Crippen LogP contribution in [0.25, 0.3) is 0 Å². The van der Waals surface area contributed by atoms with Crippen LogP contribution in [-0.2, 0) is 4.79 Å². The molecule has 1 saturated carbocycles. The van der Waals surface area contributed by atoms with Crippen LogP contribution < -0.4 is 11.1 Å². The first-order valence-electron chi connectivity index (χ1n) is 6.55. The highest BCUT2D eigenvalue weighted by Crippen LogP contribution is 2.45. The molecule has 0 aliphatic heterocycles. The molecular weight excluding hydrogens is 224 g/mol. The van der Waals surface area contributed by atoms with Gasteiger partial charge in [-0.15, -0.1) is 0 Å². The first-order valence-corrected chi connectivity index (χ1v) is 6.55. The maximum atomic E-state index is 12.3. The van der Waals surface area contributed by atoms with Gasteiger partial charge in [-0.25, -0.2) is 0 Å². The zero-order valence-electron chi connectivity index (χ0n) is 11.4. The summed E-state index contributed by atoms with van der Waals surface area (Å²) in [4.78, 5) is 12.3. The van der Waals surface area contributed by atoms with E-state index in [1.165, 1.54) is 5.56 Å². The third kappa shape index (κ3) is 2.27. The van der Waals surface area contributed by atoms with Gasteiger partial charge in [-0.3, -0.25) is 4.79 Å². The van der Waals surface area contributed by atoms with Crippen molar-refractivity contribution >= 4 is 11.6 Å². The quantitative estimate of drug-likeness (QED) is 0.861. The summed E-state index contributed by atoms with van der Waals surface area (Å²) in [6.07, 6.45) is 1.81. The standard InChI is InChI=1S/C15H22N2O/c1-10-4-5-13(12(3)6-10)17-14(18)15(9-16)7-11(2)8-15/h4-6,11H,7-9,16H2,1-3H3,(H,17,18). The number of nitrogens with two attached hydrogens (primary N) is 1. The molecule has 3 N–H and O–H groups in total. The Kier molecular flexibility index (Phi) is 3.44. The normalized spacial score (nSPS) is 26.6. The summed E-state index contributed by atoms with van der Waals surface area (Å²) < 4.78 is 0. The SMILES string of the molecule is Cc1ccc(NC(=O)C2(CN)CC(C)C2)c(C)c1. The molecule has 1 fully saturated rings. The van der Waals surface area contributed by atoms with E-state index in [1.807, 2.05) is 26.0 Å². The van der Waals surface area contributed by atoms with Crippen LogP contribution >= 0.6 is 0 Å². The van der Waals surface area contributed by atoms with E-state index in [0.29, 0.717) is 12.5 Å². The van der Waals surface area contributed by atoms with Gasteiger partial charge in [-0.2, -0.15) is 0 Å². The fourth-order valence-electron chi connectivity index (χ4n) is 2.93. The highest BCUT2D eigenvalue weighted by molar-refractivity contribution is 5.96. The van der Waals surface area contributed by atoms with Gasteiger partial charge in [0.05, 0.1) is 5.41 Å². The third-order valence-electron chi connectivity index (χ3n) is 3.98. The molecule has 1 aromatic rings. The number of carbonyl (C=O) groups is 1. The van der Waals surface area contributed by atoms with Gasteiger partial charge in [0.1, 0.15) is 0 Å². The van der Waals surface area contributed by atoms with Crippen molar-refractivity contribution in [3.63, 3.8) is 0 Å². The molecule has 3 heteroatoms. The largest absolute Gasteiger partial charge is 0.329 e. The predicted octanol–water partition coefficient (Wildman–Crippen LogP) is 2.62. The minimum absolute atomic E-state index is 0.0788. The minimum Gasteiger partial charge on any atom is -0.329 e. The van der Waals surface area contributed by atoms with Crippen molar-refractivity contribution in [2.45, 2.75) is 33.6 Å². The Hall–Kier alpha value is -1.35. The lowest BCUT2D eigenvalue weighted by Crippen LogP contribution is -2.51. The maximum absolute atomic E-state index is 12.3. The molecule has 98 valence electrons. The lowest BCUT2D eigenvalue weighted by Gasteiger charge is -2.44. The molecule has 0 atom stereocenters. The Morgan fingerprint density at radius 3 is 2.61 bits per heavy atom. The molecule has 0 unspecified atom stereocenters. The fourth-order valence-corrected chi connectivity index (χ4v) is 2.93. The zero-order chi connectivity index (χ0) is 13.3. The van der Waals surface area contributed by atoms with Gasteiger partial charge >= 0.3 is 0 Å². The molecule has 3 nitrogen and oxygen atoms in total. The van der Waals surface area contributed by atoms with Crippen LogP contribution in [0, 0.1) is 25.2 Å². The molecule has 2 rings (SSSR count). The number of benzene rings is 1. The van der Waals surface area contributed by atoms with E-state index >= 15 is 0 Å². The van der Waals surface area contributed by atoms with Gasteiger partial charge in [0.15, 0.2) is 0 Å². The smallest absolute Gasteiger partial charge is 0.231 e. The van der Waals surface area contributed by atoms with Crippen LogP contribution in [0.15, 0.2) is 18.2 Å². The van der Waals surface area contributed by atoms with Crippen molar-refractivity contribution in [2.24, 2.45) is 17.1 Å². The van der Waals surface area contributed by atoms with Gasteiger partial charge < -0.3 is 11.1 Å². The molecule has 0 aromatic heterocycles. The highest BCUT2D eigenvalue weighted by atomic mass is 16.2. The van der Waals surface area contributed by atoms with Crippen LogP contribution in [0.3, 0.4) is 0 Å². The fraction of sp³-hybridized carbons (Fsp3) is 0.533. The number of rotatable bonds is 3. The molecule has 1 aromatic carbocycles. The summed E-state index contributed by atoms with van der Waals surface area (Å²) in [5.74, 6) is 0.688. The lowest BCUT2D eigenvalue weighted by molar-refractivity contribution is -0.132. The van der Waals surface area contributed by atoms with Crippen LogP contribution in [0.2, 0.25) is 0 Å². The second-order valence-corrected chi connectivity index (χ2v) is 5.77. The molecule has 0 heterocycles. The van der Waals surface area contributed by atoms with E-state index in [9.17, 15) is 4.79 Å². The van der Waals surface area contributed by atoms with Crippen molar-refractivity contribution in [3.8, 4) is 0 Å². The number of hydrogen-bond acceptors (Lipinski definition) is 2. The number of amides is 1. The van der Waals surface area contributed by atoms with E-state index in [-0.39, 0.29) is 11.3 Å². The van der Waals surface area contributed by atoms with Crippen molar-refractivity contribution in [1.29, 1.82) is 0 Å². The summed E-state index contributed by atoms with van der Waals surface area (Å²) >= 11 is 0. The monoisotopic (exact) mass is 246 g/mol. The number of anilines is 1. The Morgan fingerprint density at radius 2 is 2.11 bits per heavy atom. The van der Waals surface area contributed by atoms with Crippen molar-refractivity contribution < 1.29 is 4.79 Å². The second kappa shape index (κ2) is 4.73. The average molecular weight is 246 g/mol. The summed E-state index contributed by atoms with van der Waals surface area (Å²) in [6.45, 7) is 6.67. The van der Waals surface area contributed by atoms with Crippen LogP contribution in [0.5, 0.6) is 0 Å². The first kappa shape index (κ1) is 13.1. The highest BCUT2D eigenvalue weighted by Gasteiger charge is 2.47. The summed E-state index contributed by atoms with van der Waals surface area (Å²) in [7, 11) is 0. The molecule has 0 radical (unpaired) electrons. The number of hydrogen-bond donors (Lipinski definition) is 2. The number of aryl methyl sites for hydroxylation is 2. The molecule has 18 heavy (non-hydrogen) atoms. The molecule has 1 aliphatic rings. The Morgan fingerprint density at radius 1 is 1.44 bits per heavy atom. The van der Waals surface area contributed by atoms with Crippen molar-refractivity contribution in [3.05, 3.63) is 29.3 Å². The van der Waals surface area contributed by atoms with E-state index < -0.39 is 0 Å². The summed E-state index contributed by atoms with van der Waals surface area (Å²) in [5.41, 5.74) is 8.66. The topological polar surface area (TPSA) is 55.1 Å². The van der Waals surface area contributed by atoms with E-state index in [4.69, 9.17) is 5.73 Å². The molecule has 1 amide bonds. The number of carbonyl (C=O) groups excluding carboxylic acids is 1. The maximum Gasteiger partial charge on any atom is 0.231 e. The van der Waals surface area contributed by atoms with Gasteiger partial charge in [-0.05, 0) is 44.2 Å². The first-order chi connectivity index (χ1) is 8.47. The van der Waals surface area contributed by atoms with E-state index in [0.717, 1.165) is 24.1 Å².